The largest absolute Gasteiger partial charge is 0.323 e. The number of amides is 1. The number of carbonyl (C=O) groups excluding carboxylic acids is 1. The number of carbonyl (C=O) groups is 1. The minimum atomic E-state index is -0.277. The fourth-order valence-corrected chi connectivity index (χ4v) is 2.33. The summed E-state index contributed by atoms with van der Waals surface area (Å²) in [7, 11) is 0. The van der Waals surface area contributed by atoms with Crippen molar-refractivity contribution in [3.8, 4) is 22.5 Å². The molecule has 0 aliphatic heterocycles. The van der Waals surface area contributed by atoms with Crippen molar-refractivity contribution < 1.29 is 9.18 Å². The molecule has 1 aromatic heterocycles. The molecule has 0 unspecified atom stereocenters. The first-order chi connectivity index (χ1) is 11.7. The number of halogens is 1. The maximum atomic E-state index is 13.1. The topological polar surface area (TPSA) is 42.0 Å². The van der Waals surface area contributed by atoms with Crippen molar-refractivity contribution in [1.82, 2.24) is 4.98 Å². The lowest BCUT2D eigenvalue weighted by Crippen LogP contribution is -2.07. The average Bonchev–Trinajstić information content (AvgIpc) is 2.62. The summed E-state index contributed by atoms with van der Waals surface area (Å²) in [6.07, 6.45) is 1.22. The first kappa shape index (κ1) is 15.6. The minimum absolute atomic E-state index is 0.264. The molecule has 1 amide bonds. The third kappa shape index (κ3) is 3.55. The number of anilines is 1. The van der Waals surface area contributed by atoms with Crippen LogP contribution in [0.15, 0.2) is 79.4 Å². The van der Waals surface area contributed by atoms with E-state index >= 15 is 0 Å². The Kier molecular flexibility index (Phi) is 4.47. The molecule has 24 heavy (non-hydrogen) atoms. The molecule has 0 atom stereocenters. The maximum Gasteiger partial charge on any atom is 0.247 e. The monoisotopic (exact) mass is 318 g/mol. The smallest absolute Gasteiger partial charge is 0.247 e. The molecule has 118 valence electrons. The number of aromatic nitrogens is 1. The van der Waals surface area contributed by atoms with Crippen LogP contribution in [0.3, 0.4) is 0 Å². The Labute approximate surface area is 139 Å². The van der Waals surface area contributed by atoms with Crippen molar-refractivity contribution >= 4 is 11.6 Å². The zero-order valence-electron chi connectivity index (χ0n) is 12.9. The number of hydrogen-bond donors (Lipinski definition) is 1. The molecule has 0 radical (unpaired) electrons. The van der Waals surface area contributed by atoms with Gasteiger partial charge in [-0.1, -0.05) is 24.8 Å². The van der Waals surface area contributed by atoms with Crippen molar-refractivity contribution in [2.45, 2.75) is 0 Å². The summed E-state index contributed by atoms with van der Waals surface area (Å²) in [4.78, 5) is 16.0. The van der Waals surface area contributed by atoms with Crippen LogP contribution in [0, 0.1) is 5.82 Å². The first-order valence-electron chi connectivity index (χ1n) is 7.42. The van der Waals surface area contributed by atoms with Gasteiger partial charge in [-0.2, -0.15) is 0 Å². The second-order valence-corrected chi connectivity index (χ2v) is 5.19. The maximum absolute atomic E-state index is 13.1. The Hall–Kier alpha value is -3.27. The van der Waals surface area contributed by atoms with E-state index in [4.69, 9.17) is 0 Å². The van der Waals surface area contributed by atoms with Crippen molar-refractivity contribution in [3.63, 3.8) is 0 Å². The fraction of sp³-hybridized carbons (Fsp3) is 0. The van der Waals surface area contributed by atoms with E-state index in [1.54, 1.807) is 18.2 Å². The molecule has 3 nitrogen and oxygen atoms in total. The van der Waals surface area contributed by atoms with Crippen molar-refractivity contribution in [1.29, 1.82) is 0 Å². The summed E-state index contributed by atoms with van der Waals surface area (Å²) in [5.74, 6) is -0.541. The molecule has 2 aromatic carbocycles. The lowest BCUT2D eigenvalue weighted by atomic mass is 10.1. The van der Waals surface area contributed by atoms with Gasteiger partial charge in [0, 0.05) is 16.8 Å². The normalized spacial score (nSPS) is 10.2. The highest BCUT2D eigenvalue weighted by atomic mass is 19.1. The molecule has 0 spiro atoms. The van der Waals surface area contributed by atoms with E-state index in [9.17, 15) is 9.18 Å². The summed E-state index contributed by atoms with van der Waals surface area (Å²) in [5.41, 5.74) is 3.92. The molecular weight excluding hydrogens is 303 g/mol. The third-order valence-electron chi connectivity index (χ3n) is 3.50. The molecule has 0 fully saturated rings. The highest BCUT2D eigenvalue weighted by Gasteiger charge is 2.05. The molecule has 0 saturated carbocycles. The Bertz CT molecular complexity index is 888. The van der Waals surface area contributed by atoms with E-state index in [1.807, 2.05) is 36.4 Å². The molecule has 3 rings (SSSR count). The van der Waals surface area contributed by atoms with Crippen LogP contribution in [0.4, 0.5) is 10.1 Å². The second kappa shape index (κ2) is 6.87. The molecule has 0 aliphatic carbocycles. The van der Waals surface area contributed by atoms with Crippen LogP contribution in [0.25, 0.3) is 22.5 Å². The highest BCUT2D eigenvalue weighted by molar-refractivity contribution is 5.99. The quantitative estimate of drug-likeness (QED) is 0.710. The van der Waals surface area contributed by atoms with Gasteiger partial charge in [-0.3, -0.25) is 4.79 Å². The number of nitrogens with one attached hydrogen (secondary N) is 1. The van der Waals surface area contributed by atoms with Gasteiger partial charge in [-0.15, -0.1) is 0 Å². The van der Waals surface area contributed by atoms with Crippen molar-refractivity contribution in [3.05, 3.63) is 85.2 Å². The highest BCUT2D eigenvalue weighted by Crippen LogP contribution is 2.24. The molecule has 0 bridgehead atoms. The Balaban J connectivity index is 1.94. The Morgan fingerprint density at radius 2 is 1.62 bits per heavy atom. The Morgan fingerprint density at radius 1 is 0.958 bits per heavy atom. The van der Waals surface area contributed by atoms with Gasteiger partial charge in [0.2, 0.25) is 5.91 Å². The number of rotatable bonds is 4. The molecule has 0 aliphatic rings. The minimum Gasteiger partial charge on any atom is -0.323 e. The zero-order valence-corrected chi connectivity index (χ0v) is 12.9. The predicted molar refractivity (Wildman–Crippen MR) is 93.9 cm³/mol. The van der Waals surface area contributed by atoms with Crippen molar-refractivity contribution in [2.75, 3.05) is 5.32 Å². The summed E-state index contributed by atoms with van der Waals surface area (Å²) >= 11 is 0. The van der Waals surface area contributed by atoms with Crippen LogP contribution in [0.2, 0.25) is 0 Å². The number of benzene rings is 2. The summed E-state index contributed by atoms with van der Waals surface area (Å²) < 4.78 is 13.1. The number of hydrogen-bond acceptors (Lipinski definition) is 2. The van der Waals surface area contributed by atoms with Crippen LogP contribution in [0.1, 0.15) is 0 Å². The van der Waals surface area contributed by atoms with E-state index < -0.39 is 0 Å². The van der Waals surface area contributed by atoms with Gasteiger partial charge in [0.05, 0.1) is 11.4 Å². The SMILES string of the molecule is C=CC(=O)Nc1cccc(-c2cccc(-c3ccc(F)cc3)n2)c1. The van der Waals surface area contributed by atoms with Gasteiger partial charge in [-0.05, 0) is 54.6 Å². The molecule has 3 aromatic rings. The van der Waals surface area contributed by atoms with Gasteiger partial charge in [-0.25, -0.2) is 9.37 Å². The predicted octanol–water partition coefficient (Wildman–Crippen LogP) is 4.68. The van der Waals surface area contributed by atoms with Gasteiger partial charge in [0.15, 0.2) is 0 Å². The second-order valence-electron chi connectivity index (χ2n) is 5.19. The van der Waals surface area contributed by atoms with E-state index in [2.05, 4.69) is 16.9 Å². The number of pyridine rings is 1. The lowest BCUT2D eigenvalue weighted by molar-refractivity contribution is -0.111. The molecule has 4 heteroatoms. The van der Waals surface area contributed by atoms with Crippen molar-refractivity contribution in [2.24, 2.45) is 0 Å². The Morgan fingerprint density at radius 3 is 2.33 bits per heavy atom. The van der Waals surface area contributed by atoms with Crippen LogP contribution >= 0.6 is 0 Å². The van der Waals surface area contributed by atoms with E-state index in [0.29, 0.717) is 5.69 Å². The summed E-state index contributed by atoms with van der Waals surface area (Å²) in [5, 5.41) is 2.73. The van der Waals surface area contributed by atoms with Gasteiger partial charge in [0.1, 0.15) is 5.82 Å². The molecule has 1 heterocycles. The van der Waals surface area contributed by atoms with Crippen LogP contribution < -0.4 is 5.32 Å². The summed E-state index contributed by atoms with van der Waals surface area (Å²) in [6, 6.07) is 19.3. The van der Waals surface area contributed by atoms with Gasteiger partial charge >= 0.3 is 0 Å². The van der Waals surface area contributed by atoms with Crippen LogP contribution in [-0.4, -0.2) is 10.9 Å². The molecule has 0 saturated heterocycles. The lowest BCUT2D eigenvalue weighted by Gasteiger charge is -2.07. The van der Waals surface area contributed by atoms with E-state index in [-0.39, 0.29) is 11.7 Å². The zero-order chi connectivity index (χ0) is 16.9. The molecule has 1 N–H and O–H groups in total. The molecular formula is C20H15FN2O. The standard InChI is InChI=1S/C20H15FN2O/c1-2-20(24)22-17-6-3-5-15(13-17)19-8-4-7-18(23-19)14-9-11-16(21)12-10-14/h2-13H,1H2,(H,22,24). The van der Waals surface area contributed by atoms with E-state index in [0.717, 1.165) is 22.5 Å². The fourth-order valence-electron chi connectivity index (χ4n) is 2.33. The van der Waals surface area contributed by atoms with Gasteiger partial charge in [0.25, 0.3) is 0 Å². The van der Waals surface area contributed by atoms with Gasteiger partial charge < -0.3 is 5.32 Å². The van der Waals surface area contributed by atoms with Crippen LogP contribution in [0.5, 0.6) is 0 Å². The first-order valence-corrected chi connectivity index (χ1v) is 7.42. The van der Waals surface area contributed by atoms with E-state index in [1.165, 1.54) is 18.2 Å². The third-order valence-corrected chi connectivity index (χ3v) is 3.50. The summed E-state index contributed by atoms with van der Waals surface area (Å²) in [6.45, 7) is 3.44. The number of nitrogens with zero attached hydrogens (tertiary/aromatic N) is 1. The van der Waals surface area contributed by atoms with Crippen LogP contribution in [-0.2, 0) is 4.79 Å². The average molecular weight is 318 g/mol.